The molecule has 1 unspecified atom stereocenters. The van der Waals surface area contributed by atoms with Crippen molar-refractivity contribution in [2.45, 2.75) is 12.8 Å². The number of ether oxygens (including phenoxy) is 1. The summed E-state index contributed by atoms with van der Waals surface area (Å²) in [7, 11) is 0. The van der Waals surface area contributed by atoms with Crippen LogP contribution in [0.1, 0.15) is 15.7 Å². The van der Waals surface area contributed by atoms with Crippen molar-refractivity contribution in [1.29, 1.82) is 0 Å². The zero-order chi connectivity index (χ0) is 13.0. The summed E-state index contributed by atoms with van der Waals surface area (Å²) in [5.74, 6) is 0.658. The van der Waals surface area contributed by atoms with Crippen LogP contribution >= 0.6 is 22.9 Å². The Morgan fingerprint density at radius 1 is 1.28 bits per heavy atom. The van der Waals surface area contributed by atoms with E-state index in [-0.39, 0.29) is 12.5 Å². The summed E-state index contributed by atoms with van der Waals surface area (Å²) in [5, 5.41) is 10.0. The van der Waals surface area contributed by atoms with Crippen LogP contribution in [0.3, 0.4) is 0 Å². The quantitative estimate of drug-likeness (QED) is 0.902. The number of aliphatic hydroxyl groups is 1. The number of benzene rings is 1. The Morgan fingerprint density at radius 3 is 2.67 bits per heavy atom. The molecule has 0 aliphatic carbocycles. The summed E-state index contributed by atoms with van der Waals surface area (Å²) >= 11 is 7.70. The Morgan fingerprint density at radius 2 is 2.06 bits per heavy atom. The second kappa shape index (κ2) is 6.23. The largest absolute Gasteiger partial charge is 0.491 e. The lowest BCUT2D eigenvalue weighted by Crippen LogP contribution is -2.13. The Labute approximate surface area is 116 Å². The molecule has 0 spiro atoms. The zero-order valence-electron chi connectivity index (χ0n) is 10.1. The van der Waals surface area contributed by atoms with Gasteiger partial charge in [-0.15, -0.1) is 11.3 Å². The van der Waals surface area contributed by atoms with Crippen LogP contribution < -0.4 is 4.74 Å². The average Bonchev–Trinajstić information content (AvgIpc) is 2.79. The number of hydrogen-bond acceptors (Lipinski definition) is 3. The lowest BCUT2D eigenvalue weighted by molar-refractivity contribution is 0.207. The molecule has 0 aliphatic heterocycles. The first-order valence-corrected chi connectivity index (χ1v) is 6.94. The van der Waals surface area contributed by atoms with Crippen molar-refractivity contribution < 1.29 is 9.84 Å². The zero-order valence-corrected chi connectivity index (χ0v) is 11.7. The van der Waals surface area contributed by atoms with Gasteiger partial charge in [0, 0.05) is 9.75 Å². The van der Waals surface area contributed by atoms with E-state index in [1.165, 1.54) is 4.88 Å². The predicted octanol–water partition coefficient (Wildman–Crippen LogP) is 3.86. The van der Waals surface area contributed by atoms with Crippen molar-refractivity contribution >= 4 is 22.9 Å². The van der Waals surface area contributed by atoms with Crippen LogP contribution in [0.25, 0.3) is 0 Å². The number of rotatable bonds is 5. The third-order valence-electron chi connectivity index (χ3n) is 2.66. The molecule has 0 saturated carbocycles. The smallest absolute Gasteiger partial charge is 0.137 e. The van der Waals surface area contributed by atoms with Gasteiger partial charge in [-0.2, -0.15) is 0 Å². The molecule has 0 aliphatic rings. The molecule has 1 N–H and O–H groups in total. The number of thiophene rings is 1. The van der Waals surface area contributed by atoms with Crippen LogP contribution in [0.4, 0.5) is 0 Å². The number of halogens is 1. The first-order valence-electron chi connectivity index (χ1n) is 5.75. The van der Waals surface area contributed by atoms with E-state index in [0.29, 0.717) is 17.4 Å². The molecule has 0 fully saturated rings. The second-order valence-electron chi connectivity index (χ2n) is 4.07. The Balaban J connectivity index is 2.02. The van der Waals surface area contributed by atoms with E-state index in [0.717, 1.165) is 4.88 Å². The van der Waals surface area contributed by atoms with Crippen molar-refractivity contribution in [1.82, 2.24) is 0 Å². The van der Waals surface area contributed by atoms with Crippen LogP contribution in [-0.4, -0.2) is 18.3 Å². The van der Waals surface area contributed by atoms with Crippen molar-refractivity contribution in [2.75, 3.05) is 13.2 Å². The molecule has 0 saturated heterocycles. The Bertz CT molecular complexity index is 510. The number of para-hydroxylation sites is 1. The van der Waals surface area contributed by atoms with Crippen LogP contribution in [0.2, 0.25) is 5.02 Å². The fraction of sp³-hybridized carbons (Fsp3) is 0.286. The van der Waals surface area contributed by atoms with E-state index in [4.69, 9.17) is 16.3 Å². The van der Waals surface area contributed by atoms with Crippen molar-refractivity contribution in [3.05, 3.63) is 51.2 Å². The third-order valence-corrected chi connectivity index (χ3v) is 4.14. The first-order chi connectivity index (χ1) is 8.70. The van der Waals surface area contributed by atoms with Gasteiger partial charge in [0.05, 0.1) is 24.2 Å². The highest BCUT2D eigenvalue weighted by Crippen LogP contribution is 2.27. The summed E-state index contributed by atoms with van der Waals surface area (Å²) in [6, 6.07) is 11.5. The summed E-state index contributed by atoms with van der Waals surface area (Å²) in [6.45, 7) is 2.56. The number of aryl methyl sites for hydroxylation is 1. The Hall–Kier alpha value is -1.03. The topological polar surface area (TPSA) is 29.5 Å². The van der Waals surface area contributed by atoms with Gasteiger partial charge in [-0.1, -0.05) is 23.7 Å². The maximum atomic E-state index is 9.43. The highest BCUT2D eigenvalue weighted by atomic mass is 35.5. The fourth-order valence-electron chi connectivity index (χ4n) is 1.65. The standard InChI is InChI=1S/C14H15ClO2S/c1-10-6-7-14(18-10)11(8-16)9-17-13-5-3-2-4-12(13)15/h2-7,11,16H,8-9H2,1H3. The van der Waals surface area contributed by atoms with Crippen molar-refractivity contribution in [3.63, 3.8) is 0 Å². The van der Waals surface area contributed by atoms with E-state index in [2.05, 4.69) is 13.0 Å². The van der Waals surface area contributed by atoms with E-state index < -0.39 is 0 Å². The maximum Gasteiger partial charge on any atom is 0.137 e. The summed E-state index contributed by atoms with van der Waals surface area (Å²) in [4.78, 5) is 2.38. The minimum atomic E-state index is -0.0000252. The van der Waals surface area contributed by atoms with E-state index in [1.54, 1.807) is 17.4 Å². The maximum absolute atomic E-state index is 9.43. The molecular formula is C14H15ClO2S. The van der Waals surface area contributed by atoms with E-state index in [1.807, 2.05) is 24.3 Å². The lowest BCUT2D eigenvalue weighted by Gasteiger charge is -2.14. The average molecular weight is 283 g/mol. The monoisotopic (exact) mass is 282 g/mol. The molecule has 2 aromatic rings. The molecule has 4 heteroatoms. The van der Waals surface area contributed by atoms with Gasteiger partial charge in [0.1, 0.15) is 5.75 Å². The van der Waals surface area contributed by atoms with Gasteiger partial charge in [-0.25, -0.2) is 0 Å². The normalized spacial score (nSPS) is 12.4. The van der Waals surface area contributed by atoms with Crippen LogP contribution in [-0.2, 0) is 0 Å². The van der Waals surface area contributed by atoms with Crippen LogP contribution in [0.5, 0.6) is 5.75 Å². The molecule has 1 aromatic carbocycles. The first kappa shape index (κ1) is 13.4. The molecule has 18 heavy (non-hydrogen) atoms. The molecular weight excluding hydrogens is 268 g/mol. The third kappa shape index (κ3) is 3.25. The van der Waals surface area contributed by atoms with E-state index >= 15 is 0 Å². The second-order valence-corrected chi connectivity index (χ2v) is 5.80. The SMILES string of the molecule is Cc1ccc(C(CO)COc2ccccc2Cl)s1. The summed E-state index contributed by atoms with van der Waals surface area (Å²) in [6.07, 6.45) is 0. The van der Waals surface area contributed by atoms with Gasteiger partial charge >= 0.3 is 0 Å². The van der Waals surface area contributed by atoms with E-state index in [9.17, 15) is 5.11 Å². The van der Waals surface area contributed by atoms with Gasteiger partial charge in [-0.3, -0.25) is 0 Å². The molecule has 96 valence electrons. The highest BCUT2D eigenvalue weighted by Gasteiger charge is 2.14. The summed E-state index contributed by atoms with van der Waals surface area (Å²) < 4.78 is 5.67. The molecule has 2 nitrogen and oxygen atoms in total. The molecule has 1 aromatic heterocycles. The molecule has 0 bridgehead atoms. The summed E-state index contributed by atoms with van der Waals surface area (Å²) in [5.41, 5.74) is 0. The van der Waals surface area contributed by atoms with Gasteiger partial charge in [-0.05, 0) is 31.2 Å². The molecule has 1 atom stereocenters. The molecule has 0 amide bonds. The number of hydrogen-bond donors (Lipinski definition) is 1. The van der Waals surface area contributed by atoms with Gasteiger partial charge in [0.15, 0.2) is 0 Å². The van der Waals surface area contributed by atoms with Crippen LogP contribution in [0.15, 0.2) is 36.4 Å². The van der Waals surface area contributed by atoms with Gasteiger partial charge in [0.25, 0.3) is 0 Å². The number of aliphatic hydroxyl groups excluding tert-OH is 1. The van der Waals surface area contributed by atoms with Crippen LogP contribution in [0, 0.1) is 6.92 Å². The lowest BCUT2D eigenvalue weighted by atomic mass is 10.1. The minimum Gasteiger partial charge on any atom is -0.491 e. The molecule has 2 rings (SSSR count). The van der Waals surface area contributed by atoms with Crippen molar-refractivity contribution in [2.24, 2.45) is 0 Å². The molecule has 1 heterocycles. The van der Waals surface area contributed by atoms with Gasteiger partial charge in [0.2, 0.25) is 0 Å². The predicted molar refractivity (Wildman–Crippen MR) is 75.8 cm³/mol. The fourth-order valence-corrected chi connectivity index (χ4v) is 2.79. The van der Waals surface area contributed by atoms with Gasteiger partial charge < -0.3 is 9.84 Å². The highest BCUT2D eigenvalue weighted by molar-refractivity contribution is 7.12. The van der Waals surface area contributed by atoms with Crippen molar-refractivity contribution in [3.8, 4) is 5.75 Å². The Kier molecular flexibility index (Phi) is 4.64. The molecule has 0 radical (unpaired) electrons. The minimum absolute atomic E-state index is 0.0000252.